The van der Waals surface area contributed by atoms with E-state index in [4.69, 9.17) is 4.74 Å². The van der Waals surface area contributed by atoms with Crippen LogP contribution < -0.4 is 4.74 Å². The lowest BCUT2D eigenvalue weighted by Gasteiger charge is -2.32. The molecule has 0 aliphatic carbocycles. The van der Waals surface area contributed by atoms with Gasteiger partial charge < -0.3 is 4.74 Å². The summed E-state index contributed by atoms with van der Waals surface area (Å²) in [5.41, 5.74) is 5.50. The van der Waals surface area contributed by atoms with Crippen LogP contribution in [0, 0.1) is 6.92 Å². The zero-order valence-electron chi connectivity index (χ0n) is 19.8. The predicted octanol–water partition coefficient (Wildman–Crippen LogP) is 7.48. The van der Waals surface area contributed by atoms with Crippen LogP contribution in [0.3, 0.4) is 0 Å². The number of benzene rings is 5. The summed E-state index contributed by atoms with van der Waals surface area (Å²) in [5, 5.41) is 1.55. The molecule has 0 aromatic heterocycles. The van der Waals surface area contributed by atoms with Gasteiger partial charge in [-0.05, 0) is 35.4 Å². The Bertz CT molecular complexity index is 1690. The third-order valence-electron chi connectivity index (χ3n) is 6.84. The van der Waals surface area contributed by atoms with Crippen LogP contribution in [0.25, 0.3) is 10.8 Å². The second kappa shape index (κ2) is 8.21. The van der Waals surface area contributed by atoms with Crippen LogP contribution in [0.2, 0.25) is 0 Å². The summed E-state index contributed by atoms with van der Waals surface area (Å²) in [6.45, 7) is 2.12. The highest BCUT2D eigenvalue weighted by atomic mass is 32.2. The highest BCUT2D eigenvalue weighted by Crippen LogP contribution is 2.50. The number of rotatable bonds is 2. The number of hydrogen-bond acceptors (Lipinski definition) is 2. The summed E-state index contributed by atoms with van der Waals surface area (Å²) in [5.74, 6) is 0.912. The average molecular weight is 485 g/mol. The van der Waals surface area contributed by atoms with Crippen molar-refractivity contribution in [3.63, 3.8) is 0 Å². The van der Waals surface area contributed by atoms with Gasteiger partial charge in [0.15, 0.2) is 18.2 Å². The van der Waals surface area contributed by atoms with Gasteiger partial charge in [-0.1, -0.05) is 88.0 Å². The van der Waals surface area contributed by atoms with Gasteiger partial charge in [-0.25, -0.2) is 0 Å². The highest BCUT2D eigenvalue weighted by Gasteiger charge is 2.63. The normalized spacial score (nSPS) is 18.1. The minimum Gasteiger partial charge on any atom is -0.367 e. The van der Waals surface area contributed by atoms with Crippen molar-refractivity contribution < 1.29 is 13.9 Å². The van der Waals surface area contributed by atoms with Gasteiger partial charge in [-0.3, -0.25) is 0 Å². The Kier molecular flexibility index (Phi) is 4.83. The van der Waals surface area contributed by atoms with E-state index >= 15 is 0 Å². The maximum absolute atomic E-state index is 7.18. The molecule has 0 radical (unpaired) electrons. The summed E-state index contributed by atoms with van der Waals surface area (Å²) < 4.78 is 11.7. The summed E-state index contributed by atoms with van der Waals surface area (Å²) in [6, 6.07) is 40.3. The summed E-state index contributed by atoms with van der Waals surface area (Å²) in [6.07, 6.45) is 4.47. The van der Waals surface area contributed by atoms with Crippen LogP contribution in [-0.2, 0) is 0 Å². The van der Waals surface area contributed by atoms with Gasteiger partial charge in [0.05, 0.1) is 22.9 Å². The number of para-hydroxylation sites is 3. The molecule has 2 aliphatic rings. The minimum atomic E-state index is -0.904. The van der Waals surface area contributed by atoms with E-state index in [0.29, 0.717) is 0 Å². The lowest BCUT2D eigenvalue weighted by molar-refractivity contribution is -0.770. The van der Waals surface area contributed by atoms with Crippen LogP contribution in [-0.4, -0.2) is 26.8 Å². The average Bonchev–Trinajstić information content (AvgIpc) is 2.94. The Morgan fingerprint density at radius 2 is 1.25 bits per heavy atom. The lowest BCUT2D eigenvalue weighted by atomic mass is 10.1. The Balaban J connectivity index is 1.57. The summed E-state index contributed by atoms with van der Waals surface area (Å²) >= 11 is 1.76. The monoisotopic (exact) mass is 484 g/mol. The van der Waals surface area contributed by atoms with E-state index in [9.17, 15) is 0 Å². The molecular formula is C32H24N2OS+2. The first-order chi connectivity index (χ1) is 17.7. The minimum absolute atomic E-state index is 0.904. The Labute approximate surface area is 214 Å². The number of fused-ring (bicyclic) bond motifs is 4. The molecule has 7 rings (SSSR count). The molecular weight excluding hydrogens is 460 g/mol. The van der Waals surface area contributed by atoms with Gasteiger partial charge in [0, 0.05) is 29.2 Å². The number of thioether (sulfide) groups is 1. The van der Waals surface area contributed by atoms with Crippen molar-refractivity contribution in [2.45, 2.75) is 17.0 Å². The van der Waals surface area contributed by atoms with E-state index in [0.717, 1.165) is 28.3 Å². The topological polar surface area (TPSA) is 15.2 Å². The first-order valence-corrected chi connectivity index (χ1v) is 12.9. The molecule has 0 N–H and O–H groups in total. The standard InChI is InChI=1S/C32H24N2OS/c1-23-11-10-13-25-21-33(27-14-4-2-5-15-27)32(35-30(23)25)34(28-16-6-3-7-17-28)22-26-20-19-24-12-8-9-18-29(24)31(26)36-32/h2-22H,1H3/q+2. The van der Waals surface area contributed by atoms with E-state index in [1.165, 1.54) is 21.2 Å². The molecule has 5 aromatic carbocycles. The number of ether oxygens (including phenoxy) is 1. The molecule has 5 aromatic rings. The molecule has 1 atom stereocenters. The van der Waals surface area contributed by atoms with E-state index in [1.807, 2.05) is 0 Å². The van der Waals surface area contributed by atoms with Gasteiger partial charge in [0.1, 0.15) is 0 Å². The second-order valence-electron chi connectivity index (χ2n) is 9.12. The molecule has 1 unspecified atom stereocenters. The van der Waals surface area contributed by atoms with Crippen LogP contribution in [0.15, 0.2) is 120 Å². The molecule has 1 spiro atoms. The fourth-order valence-electron chi connectivity index (χ4n) is 5.09. The molecule has 0 saturated heterocycles. The van der Waals surface area contributed by atoms with Crippen LogP contribution >= 0.6 is 11.8 Å². The second-order valence-corrected chi connectivity index (χ2v) is 10.3. The molecule has 0 fully saturated rings. The summed E-state index contributed by atoms with van der Waals surface area (Å²) in [7, 11) is 0. The highest BCUT2D eigenvalue weighted by molar-refractivity contribution is 8.00. The van der Waals surface area contributed by atoms with E-state index in [-0.39, 0.29) is 0 Å². The molecule has 3 nitrogen and oxygen atoms in total. The SMILES string of the molecule is Cc1cccc2c1OC1(Sc3c(ccc4ccccc34)C=[N+]1c1ccccc1)[N+](c1ccccc1)=C2. The van der Waals surface area contributed by atoms with Crippen molar-refractivity contribution in [1.29, 1.82) is 0 Å². The van der Waals surface area contributed by atoms with Gasteiger partial charge in [0.2, 0.25) is 11.4 Å². The molecule has 2 heterocycles. The maximum Gasteiger partial charge on any atom is 0.584 e. The Hall–Kier alpha value is -4.15. The van der Waals surface area contributed by atoms with E-state index in [1.54, 1.807) is 11.8 Å². The summed E-state index contributed by atoms with van der Waals surface area (Å²) in [4.78, 5) is 1.21. The number of nitrogens with zero attached hydrogens (tertiary/aromatic N) is 2. The maximum atomic E-state index is 7.18. The Morgan fingerprint density at radius 3 is 1.97 bits per heavy atom. The molecule has 2 aliphatic heterocycles. The van der Waals surface area contributed by atoms with Crippen LogP contribution in [0.1, 0.15) is 16.7 Å². The zero-order chi connectivity index (χ0) is 24.1. The molecule has 172 valence electrons. The third-order valence-corrected chi connectivity index (χ3v) is 8.24. The van der Waals surface area contributed by atoms with Gasteiger partial charge >= 0.3 is 5.18 Å². The molecule has 0 bridgehead atoms. The third kappa shape index (κ3) is 3.22. The van der Waals surface area contributed by atoms with Crippen molar-refractivity contribution in [3.05, 3.63) is 132 Å². The first-order valence-electron chi connectivity index (χ1n) is 12.1. The van der Waals surface area contributed by atoms with Gasteiger partial charge in [-0.2, -0.15) is 0 Å². The first kappa shape index (κ1) is 21.2. The van der Waals surface area contributed by atoms with Gasteiger partial charge in [0.25, 0.3) is 0 Å². The fraction of sp³-hybridized carbons (Fsp3) is 0.0625. The van der Waals surface area contributed by atoms with E-state index < -0.39 is 5.18 Å². The van der Waals surface area contributed by atoms with Crippen molar-refractivity contribution in [3.8, 4) is 5.75 Å². The fourth-order valence-corrected chi connectivity index (χ4v) is 6.52. The quantitative estimate of drug-likeness (QED) is 0.241. The smallest absolute Gasteiger partial charge is 0.367 e. The van der Waals surface area contributed by atoms with Crippen LogP contribution in [0.5, 0.6) is 5.75 Å². The Morgan fingerprint density at radius 1 is 0.611 bits per heavy atom. The molecule has 0 amide bonds. The van der Waals surface area contributed by atoms with Crippen molar-refractivity contribution in [2.24, 2.45) is 0 Å². The zero-order valence-corrected chi connectivity index (χ0v) is 20.7. The van der Waals surface area contributed by atoms with Crippen molar-refractivity contribution >= 4 is 46.3 Å². The molecule has 0 saturated carbocycles. The van der Waals surface area contributed by atoms with Crippen molar-refractivity contribution in [1.82, 2.24) is 0 Å². The predicted molar refractivity (Wildman–Crippen MR) is 147 cm³/mol. The lowest BCUT2D eigenvalue weighted by Crippen LogP contribution is -2.54. The van der Waals surface area contributed by atoms with Crippen LogP contribution in [0.4, 0.5) is 11.4 Å². The molecule has 36 heavy (non-hydrogen) atoms. The number of hydrogen-bond donors (Lipinski definition) is 0. The van der Waals surface area contributed by atoms with Crippen molar-refractivity contribution in [2.75, 3.05) is 0 Å². The largest absolute Gasteiger partial charge is 0.584 e. The molecule has 4 heteroatoms. The number of aryl methyl sites for hydroxylation is 1. The van der Waals surface area contributed by atoms with E-state index in [2.05, 4.69) is 144 Å². The van der Waals surface area contributed by atoms with Gasteiger partial charge in [-0.15, -0.1) is 0 Å².